The number of carbonyl (C=O) groups is 1. The van der Waals surface area contributed by atoms with Crippen LogP contribution < -0.4 is 0 Å². The minimum atomic E-state index is -1.23. The number of aromatic nitrogens is 2. The van der Waals surface area contributed by atoms with Crippen LogP contribution in [0, 0.1) is 17.5 Å². The largest absolute Gasteiger partial charge is 0.376 e. The van der Waals surface area contributed by atoms with E-state index in [-0.39, 0.29) is 36.1 Å². The number of likely N-dealkylation sites (tertiary alicyclic amines) is 1. The number of halogens is 3. The number of hydrogen-bond donors (Lipinski definition) is 0. The number of nitrogens with zero attached hydrogens (tertiary/aromatic N) is 3. The van der Waals surface area contributed by atoms with E-state index in [0.29, 0.717) is 58.8 Å². The zero-order chi connectivity index (χ0) is 33.4. The van der Waals surface area contributed by atoms with Crippen LogP contribution in [0.2, 0.25) is 25.7 Å². The molecule has 1 aliphatic carbocycles. The Morgan fingerprint density at radius 1 is 0.936 bits per heavy atom. The molecule has 2 aromatic carbocycles. The second-order valence-electron chi connectivity index (χ2n) is 14.0. The number of hydrogen-bond acceptors (Lipinski definition) is 5. The van der Waals surface area contributed by atoms with Crippen molar-refractivity contribution in [3.63, 3.8) is 0 Å². The van der Waals surface area contributed by atoms with E-state index in [4.69, 9.17) is 14.2 Å². The third-order valence-corrected chi connectivity index (χ3v) is 11.1. The molecule has 0 spiro atoms. The summed E-state index contributed by atoms with van der Waals surface area (Å²) >= 11 is 0. The van der Waals surface area contributed by atoms with Crippen molar-refractivity contribution < 1.29 is 32.2 Å². The molecule has 2 atom stereocenters. The molecule has 0 radical (unpaired) electrons. The standard InChI is InChI=1S/C36H48F3N3O4Si/c1-47(2,3)21-20-44-25-42-32(17-18-40-42)29-10-7-19-41(34(43)24-45-22-26-8-5-4-6-9-26)33(29)23-46-28-13-11-27(12-14-28)35-30(37)15-16-31(38)36(35)39/h4-6,8-9,15-18,27-29,33H,7,10-14,19-25H2,1-3H3. The van der Waals surface area contributed by atoms with Crippen molar-refractivity contribution in [1.29, 1.82) is 0 Å². The van der Waals surface area contributed by atoms with E-state index in [1.165, 1.54) is 0 Å². The molecular weight excluding hydrogens is 623 g/mol. The Bertz CT molecular complexity index is 1440. The van der Waals surface area contributed by atoms with Gasteiger partial charge in [0, 0.05) is 44.6 Å². The Morgan fingerprint density at radius 3 is 2.43 bits per heavy atom. The minimum Gasteiger partial charge on any atom is -0.376 e. The Balaban J connectivity index is 1.26. The lowest BCUT2D eigenvalue weighted by Gasteiger charge is -2.42. The van der Waals surface area contributed by atoms with Gasteiger partial charge in [0.05, 0.1) is 25.4 Å². The molecule has 256 valence electrons. The first-order valence-electron chi connectivity index (χ1n) is 16.9. The second-order valence-corrected chi connectivity index (χ2v) is 19.7. The van der Waals surface area contributed by atoms with Crippen LogP contribution in [0.1, 0.15) is 67.2 Å². The summed E-state index contributed by atoms with van der Waals surface area (Å²) in [5.41, 5.74) is 1.85. The molecule has 1 saturated carbocycles. The summed E-state index contributed by atoms with van der Waals surface area (Å²) in [6.45, 7) is 9.23. The maximum absolute atomic E-state index is 14.5. The van der Waals surface area contributed by atoms with Crippen molar-refractivity contribution in [3.05, 3.63) is 89.0 Å². The molecule has 2 unspecified atom stereocenters. The minimum absolute atomic E-state index is 0.0169. The van der Waals surface area contributed by atoms with Gasteiger partial charge in [0.2, 0.25) is 5.91 Å². The summed E-state index contributed by atoms with van der Waals surface area (Å²) in [7, 11) is -1.23. The highest BCUT2D eigenvalue weighted by molar-refractivity contribution is 6.76. The molecule has 2 heterocycles. The quantitative estimate of drug-likeness (QED) is 0.100. The van der Waals surface area contributed by atoms with Crippen molar-refractivity contribution in [2.75, 3.05) is 26.4 Å². The monoisotopic (exact) mass is 671 g/mol. The lowest BCUT2D eigenvalue weighted by molar-refractivity contribution is -0.144. The first-order chi connectivity index (χ1) is 22.6. The summed E-state index contributed by atoms with van der Waals surface area (Å²) in [4.78, 5) is 15.5. The number of rotatable bonds is 14. The first kappa shape index (κ1) is 35.3. The molecule has 1 saturated heterocycles. The van der Waals surface area contributed by atoms with Gasteiger partial charge in [0.1, 0.15) is 19.2 Å². The Labute approximate surface area is 277 Å². The lowest BCUT2D eigenvalue weighted by atomic mass is 9.82. The van der Waals surface area contributed by atoms with Crippen LogP contribution in [-0.4, -0.2) is 67.2 Å². The van der Waals surface area contributed by atoms with Gasteiger partial charge in [-0.3, -0.25) is 4.79 Å². The van der Waals surface area contributed by atoms with E-state index >= 15 is 0 Å². The zero-order valence-corrected chi connectivity index (χ0v) is 28.8. The summed E-state index contributed by atoms with van der Waals surface area (Å²) in [6.07, 6.45) is 5.53. The molecule has 1 aliphatic heterocycles. The lowest BCUT2D eigenvalue weighted by Crippen LogP contribution is -2.52. The fourth-order valence-corrected chi connectivity index (χ4v) is 7.55. The highest BCUT2D eigenvalue weighted by atomic mass is 28.3. The number of carbonyl (C=O) groups excluding carboxylic acids is 1. The third-order valence-electron chi connectivity index (χ3n) is 9.44. The molecule has 2 fully saturated rings. The number of amides is 1. The fraction of sp³-hybridized carbons (Fsp3) is 0.556. The SMILES string of the molecule is C[Si](C)(C)CCOCn1nccc1C1CCCN(C(=O)COCc2ccccc2)C1COC1CCC(c2c(F)ccc(F)c2F)CC1. The van der Waals surface area contributed by atoms with E-state index < -0.39 is 31.4 Å². The van der Waals surface area contributed by atoms with Crippen LogP contribution in [-0.2, 0) is 32.3 Å². The maximum Gasteiger partial charge on any atom is 0.248 e. The Kier molecular flexibility index (Phi) is 12.3. The third kappa shape index (κ3) is 9.55. The van der Waals surface area contributed by atoms with E-state index in [9.17, 15) is 18.0 Å². The molecule has 0 N–H and O–H groups in total. The van der Waals surface area contributed by atoms with Gasteiger partial charge in [0.25, 0.3) is 0 Å². The molecular formula is C36H48F3N3O4Si. The van der Waals surface area contributed by atoms with E-state index in [1.807, 2.05) is 46.0 Å². The normalized spacial score (nSPS) is 22.0. The van der Waals surface area contributed by atoms with Crippen LogP contribution in [0.15, 0.2) is 54.7 Å². The molecule has 0 bridgehead atoms. The molecule has 1 aromatic heterocycles. The molecule has 1 amide bonds. The predicted octanol–water partition coefficient (Wildman–Crippen LogP) is 7.65. The molecule has 2 aliphatic rings. The van der Waals surface area contributed by atoms with Gasteiger partial charge in [-0.1, -0.05) is 50.0 Å². The average Bonchev–Trinajstić information content (AvgIpc) is 3.53. The molecule has 7 nitrogen and oxygen atoms in total. The topological polar surface area (TPSA) is 65.8 Å². The summed E-state index contributed by atoms with van der Waals surface area (Å²) in [5, 5.41) is 4.57. The van der Waals surface area contributed by atoms with Crippen LogP contribution in [0.3, 0.4) is 0 Å². The van der Waals surface area contributed by atoms with Crippen molar-refractivity contribution in [2.24, 2.45) is 0 Å². The summed E-state index contributed by atoms with van der Waals surface area (Å²) in [6, 6.07) is 14.4. The van der Waals surface area contributed by atoms with E-state index in [2.05, 4.69) is 24.7 Å². The Morgan fingerprint density at radius 2 is 1.68 bits per heavy atom. The Hall–Kier alpha value is -2.99. The van der Waals surface area contributed by atoms with E-state index in [1.54, 1.807) is 6.20 Å². The number of ether oxygens (including phenoxy) is 3. The van der Waals surface area contributed by atoms with Crippen molar-refractivity contribution >= 4 is 14.0 Å². The number of piperidine rings is 1. The maximum atomic E-state index is 14.5. The van der Waals surface area contributed by atoms with Crippen LogP contribution in [0.4, 0.5) is 13.2 Å². The highest BCUT2D eigenvalue weighted by Crippen LogP contribution is 2.38. The summed E-state index contributed by atoms with van der Waals surface area (Å²) in [5.74, 6) is -3.33. The molecule has 47 heavy (non-hydrogen) atoms. The van der Waals surface area contributed by atoms with Gasteiger partial charge in [-0.05, 0) is 74.2 Å². The van der Waals surface area contributed by atoms with Gasteiger partial charge in [0.15, 0.2) is 11.6 Å². The van der Waals surface area contributed by atoms with Crippen LogP contribution in [0.5, 0.6) is 0 Å². The second kappa shape index (κ2) is 16.4. The van der Waals surface area contributed by atoms with E-state index in [0.717, 1.165) is 42.3 Å². The number of benzene rings is 2. The van der Waals surface area contributed by atoms with Gasteiger partial charge < -0.3 is 19.1 Å². The van der Waals surface area contributed by atoms with Gasteiger partial charge in [-0.2, -0.15) is 5.10 Å². The summed E-state index contributed by atoms with van der Waals surface area (Å²) < 4.78 is 63.1. The van der Waals surface area contributed by atoms with Crippen LogP contribution >= 0.6 is 0 Å². The first-order valence-corrected chi connectivity index (χ1v) is 20.6. The smallest absolute Gasteiger partial charge is 0.248 e. The molecule has 5 rings (SSSR count). The van der Waals surface area contributed by atoms with Crippen molar-refractivity contribution in [1.82, 2.24) is 14.7 Å². The zero-order valence-electron chi connectivity index (χ0n) is 27.8. The van der Waals surface area contributed by atoms with Crippen molar-refractivity contribution in [3.8, 4) is 0 Å². The van der Waals surface area contributed by atoms with Gasteiger partial charge in [-0.15, -0.1) is 0 Å². The fourth-order valence-electron chi connectivity index (χ4n) is 6.80. The van der Waals surface area contributed by atoms with Gasteiger partial charge in [-0.25, -0.2) is 17.9 Å². The van der Waals surface area contributed by atoms with Crippen molar-refractivity contribution in [2.45, 2.75) is 102 Å². The molecule has 3 aromatic rings. The predicted molar refractivity (Wildman–Crippen MR) is 177 cm³/mol. The van der Waals surface area contributed by atoms with Gasteiger partial charge >= 0.3 is 0 Å². The highest BCUT2D eigenvalue weighted by Gasteiger charge is 2.38. The van der Waals surface area contributed by atoms with Crippen LogP contribution in [0.25, 0.3) is 0 Å². The average molecular weight is 672 g/mol. The molecule has 11 heteroatoms.